The Kier molecular flexibility index (Phi) is 2.60. The number of carbonyl (C=O) groups is 1. The minimum absolute atomic E-state index is 0.0659. The minimum atomic E-state index is -0.541. The number of amides is 1. The van der Waals surface area contributed by atoms with Crippen LogP contribution >= 0.6 is 0 Å². The molecule has 0 fully saturated rings. The lowest BCUT2D eigenvalue weighted by molar-refractivity contribution is -0.386. The SMILES string of the molecule is NC(=O)Cc1ccc2c(c1[N+](=O)[O-])CCC2. The maximum atomic E-state index is 11.0. The van der Waals surface area contributed by atoms with Crippen molar-refractivity contribution >= 4 is 11.6 Å². The minimum Gasteiger partial charge on any atom is -0.369 e. The number of benzene rings is 1. The number of hydrogen-bond donors (Lipinski definition) is 1. The molecule has 0 spiro atoms. The molecule has 1 aliphatic carbocycles. The average molecular weight is 220 g/mol. The number of nitrogens with zero attached hydrogens (tertiary/aromatic N) is 1. The Labute approximate surface area is 92.4 Å². The molecule has 0 aliphatic heterocycles. The number of aryl methyl sites for hydroxylation is 1. The van der Waals surface area contributed by atoms with Gasteiger partial charge in [-0.05, 0) is 24.8 Å². The highest BCUT2D eigenvalue weighted by Gasteiger charge is 2.26. The Bertz CT molecular complexity index is 469. The highest BCUT2D eigenvalue weighted by atomic mass is 16.6. The van der Waals surface area contributed by atoms with Crippen LogP contribution in [0.3, 0.4) is 0 Å². The van der Waals surface area contributed by atoms with Gasteiger partial charge in [-0.2, -0.15) is 0 Å². The van der Waals surface area contributed by atoms with Crippen molar-refractivity contribution in [2.24, 2.45) is 5.73 Å². The van der Waals surface area contributed by atoms with Crippen molar-refractivity contribution in [1.82, 2.24) is 0 Å². The van der Waals surface area contributed by atoms with Gasteiger partial charge in [0.25, 0.3) is 5.69 Å². The summed E-state index contributed by atoms with van der Waals surface area (Å²) in [7, 11) is 0. The van der Waals surface area contributed by atoms with E-state index in [1.165, 1.54) is 0 Å². The van der Waals surface area contributed by atoms with Gasteiger partial charge in [0.1, 0.15) is 0 Å². The summed E-state index contributed by atoms with van der Waals surface area (Å²) >= 11 is 0. The first kappa shape index (κ1) is 10.6. The number of hydrogen-bond acceptors (Lipinski definition) is 3. The zero-order chi connectivity index (χ0) is 11.7. The molecule has 0 saturated heterocycles. The summed E-state index contributed by atoms with van der Waals surface area (Å²) in [5.41, 5.74) is 7.41. The first-order valence-corrected chi connectivity index (χ1v) is 5.16. The number of primary amides is 1. The van der Waals surface area contributed by atoms with E-state index in [4.69, 9.17) is 5.73 Å². The third kappa shape index (κ3) is 1.76. The van der Waals surface area contributed by atoms with Crippen LogP contribution in [0.4, 0.5) is 5.69 Å². The second kappa shape index (κ2) is 3.92. The molecule has 0 radical (unpaired) electrons. The fourth-order valence-electron chi connectivity index (χ4n) is 2.25. The zero-order valence-electron chi connectivity index (χ0n) is 8.73. The number of nitro groups is 1. The molecule has 0 saturated carbocycles. The molecule has 84 valence electrons. The van der Waals surface area contributed by atoms with Gasteiger partial charge in [0.05, 0.1) is 11.3 Å². The van der Waals surface area contributed by atoms with Gasteiger partial charge in [0.2, 0.25) is 5.91 Å². The van der Waals surface area contributed by atoms with Gasteiger partial charge in [-0.15, -0.1) is 0 Å². The van der Waals surface area contributed by atoms with E-state index in [-0.39, 0.29) is 12.1 Å². The van der Waals surface area contributed by atoms with E-state index < -0.39 is 10.8 Å². The Balaban J connectivity index is 2.53. The molecular formula is C11H12N2O3. The zero-order valence-corrected chi connectivity index (χ0v) is 8.73. The third-order valence-electron chi connectivity index (χ3n) is 2.88. The molecule has 5 nitrogen and oxygen atoms in total. The van der Waals surface area contributed by atoms with Crippen LogP contribution < -0.4 is 5.73 Å². The lowest BCUT2D eigenvalue weighted by atomic mass is 10.0. The van der Waals surface area contributed by atoms with Crippen LogP contribution in [0.1, 0.15) is 23.1 Å². The molecular weight excluding hydrogens is 208 g/mol. The van der Waals surface area contributed by atoms with Crippen LogP contribution in [0.25, 0.3) is 0 Å². The van der Waals surface area contributed by atoms with Crippen LogP contribution in [0.5, 0.6) is 0 Å². The standard InChI is InChI=1S/C11H12N2O3/c12-10(14)6-8-5-4-7-2-1-3-9(7)11(8)13(15)16/h4-5H,1-3,6H2,(H2,12,14). The first-order valence-electron chi connectivity index (χ1n) is 5.16. The Morgan fingerprint density at radius 3 is 2.81 bits per heavy atom. The molecule has 2 N–H and O–H groups in total. The summed E-state index contributed by atoms with van der Waals surface area (Å²) in [5.74, 6) is -0.541. The fraction of sp³-hybridized carbons (Fsp3) is 0.364. The molecule has 1 aromatic carbocycles. The van der Waals surface area contributed by atoms with Gasteiger partial charge < -0.3 is 5.73 Å². The van der Waals surface area contributed by atoms with Crippen molar-refractivity contribution in [3.63, 3.8) is 0 Å². The number of carbonyl (C=O) groups excluding carboxylic acids is 1. The van der Waals surface area contributed by atoms with Crippen molar-refractivity contribution < 1.29 is 9.72 Å². The highest BCUT2D eigenvalue weighted by molar-refractivity contribution is 5.78. The van der Waals surface area contributed by atoms with Crippen molar-refractivity contribution in [2.45, 2.75) is 25.7 Å². The van der Waals surface area contributed by atoms with Crippen molar-refractivity contribution in [3.05, 3.63) is 38.9 Å². The van der Waals surface area contributed by atoms with Crippen LogP contribution in [0.15, 0.2) is 12.1 Å². The van der Waals surface area contributed by atoms with Gasteiger partial charge in [-0.3, -0.25) is 14.9 Å². The summed E-state index contributed by atoms with van der Waals surface area (Å²) in [6.07, 6.45) is 2.48. The fourth-order valence-corrected chi connectivity index (χ4v) is 2.25. The van der Waals surface area contributed by atoms with Crippen LogP contribution in [0, 0.1) is 10.1 Å². The van der Waals surface area contributed by atoms with E-state index >= 15 is 0 Å². The topological polar surface area (TPSA) is 86.2 Å². The smallest absolute Gasteiger partial charge is 0.276 e. The normalized spacial score (nSPS) is 13.5. The van der Waals surface area contributed by atoms with Crippen LogP contribution in [0.2, 0.25) is 0 Å². The highest BCUT2D eigenvalue weighted by Crippen LogP contribution is 2.33. The second-order valence-corrected chi connectivity index (χ2v) is 3.96. The monoisotopic (exact) mass is 220 g/mol. The van der Waals surface area contributed by atoms with Gasteiger partial charge >= 0.3 is 0 Å². The Morgan fingerprint density at radius 2 is 2.19 bits per heavy atom. The molecule has 0 heterocycles. The first-order chi connectivity index (χ1) is 7.59. The Morgan fingerprint density at radius 1 is 1.44 bits per heavy atom. The molecule has 0 aromatic heterocycles. The lowest BCUT2D eigenvalue weighted by Crippen LogP contribution is -2.15. The molecule has 1 aromatic rings. The van der Waals surface area contributed by atoms with Crippen molar-refractivity contribution in [1.29, 1.82) is 0 Å². The Hall–Kier alpha value is -1.91. The molecule has 0 unspecified atom stereocenters. The van der Waals surface area contributed by atoms with Crippen molar-refractivity contribution in [3.8, 4) is 0 Å². The van der Waals surface area contributed by atoms with Crippen LogP contribution in [-0.4, -0.2) is 10.8 Å². The van der Waals surface area contributed by atoms with E-state index in [0.717, 1.165) is 30.4 Å². The van der Waals surface area contributed by atoms with E-state index in [0.29, 0.717) is 5.56 Å². The number of nitro benzene ring substituents is 1. The quantitative estimate of drug-likeness (QED) is 0.611. The van der Waals surface area contributed by atoms with Crippen LogP contribution in [-0.2, 0) is 24.1 Å². The average Bonchev–Trinajstić information content (AvgIpc) is 2.63. The largest absolute Gasteiger partial charge is 0.369 e. The molecule has 16 heavy (non-hydrogen) atoms. The summed E-state index contributed by atoms with van der Waals surface area (Å²) in [5, 5.41) is 11.0. The number of nitrogens with two attached hydrogens (primary N) is 1. The summed E-state index contributed by atoms with van der Waals surface area (Å²) in [6, 6.07) is 3.51. The molecule has 1 aliphatic rings. The molecule has 2 rings (SSSR count). The van der Waals surface area contributed by atoms with E-state index in [1.807, 2.05) is 6.07 Å². The maximum absolute atomic E-state index is 11.0. The lowest BCUT2D eigenvalue weighted by Gasteiger charge is -2.05. The summed E-state index contributed by atoms with van der Waals surface area (Å²) in [4.78, 5) is 21.5. The van der Waals surface area contributed by atoms with Gasteiger partial charge in [0.15, 0.2) is 0 Å². The third-order valence-corrected chi connectivity index (χ3v) is 2.88. The summed E-state index contributed by atoms with van der Waals surface area (Å²) < 4.78 is 0. The predicted octanol–water partition coefficient (Wildman–Crippen LogP) is 1.11. The van der Waals surface area contributed by atoms with E-state index in [2.05, 4.69) is 0 Å². The summed E-state index contributed by atoms with van der Waals surface area (Å²) in [6.45, 7) is 0. The molecule has 5 heteroatoms. The number of fused-ring (bicyclic) bond motifs is 1. The molecule has 0 atom stereocenters. The predicted molar refractivity (Wildman–Crippen MR) is 58.0 cm³/mol. The van der Waals surface area contributed by atoms with E-state index in [9.17, 15) is 14.9 Å². The van der Waals surface area contributed by atoms with Crippen molar-refractivity contribution in [2.75, 3.05) is 0 Å². The second-order valence-electron chi connectivity index (χ2n) is 3.96. The van der Waals surface area contributed by atoms with Gasteiger partial charge in [-0.25, -0.2) is 0 Å². The van der Waals surface area contributed by atoms with Gasteiger partial charge in [-0.1, -0.05) is 12.1 Å². The molecule has 1 amide bonds. The van der Waals surface area contributed by atoms with Gasteiger partial charge in [0, 0.05) is 11.1 Å². The molecule has 0 bridgehead atoms. The maximum Gasteiger partial charge on any atom is 0.276 e. The van der Waals surface area contributed by atoms with E-state index in [1.54, 1.807) is 6.07 Å². The number of rotatable bonds is 3.